The zero-order valence-electron chi connectivity index (χ0n) is 15.4. The van der Waals surface area contributed by atoms with Crippen molar-refractivity contribution in [3.8, 4) is 0 Å². The number of hydrogen-bond donors (Lipinski definition) is 1. The van der Waals surface area contributed by atoms with Gasteiger partial charge >= 0.3 is 0 Å². The molecular formula is C20H21N3O2S2. The molecule has 140 valence electrons. The van der Waals surface area contributed by atoms with E-state index in [0.717, 1.165) is 10.5 Å². The van der Waals surface area contributed by atoms with Crippen LogP contribution in [0.1, 0.15) is 26.3 Å². The Morgan fingerprint density at radius 3 is 2.30 bits per heavy atom. The van der Waals surface area contributed by atoms with Crippen LogP contribution >= 0.6 is 11.8 Å². The van der Waals surface area contributed by atoms with Gasteiger partial charge in [0.05, 0.1) is 16.8 Å². The Kier molecular flexibility index (Phi) is 5.53. The molecule has 0 spiro atoms. The zero-order valence-corrected chi connectivity index (χ0v) is 17.0. The first-order valence-electron chi connectivity index (χ1n) is 8.42. The highest BCUT2D eigenvalue weighted by Crippen LogP contribution is 2.33. The standard InChI is InChI=1S/C20H21N3O2S2/c1-20(2,3)15-8-10-16(11-9-15)27(24,25)23-17-6-4-5-7-18(17)26-19-14-21-12-13-22-19/h4-14,23H,1-3H3. The molecule has 0 aliphatic rings. The summed E-state index contributed by atoms with van der Waals surface area (Å²) in [6, 6.07) is 14.2. The van der Waals surface area contributed by atoms with E-state index in [1.807, 2.05) is 24.3 Å². The predicted octanol–water partition coefficient (Wildman–Crippen LogP) is 4.73. The summed E-state index contributed by atoms with van der Waals surface area (Å²) in [6.07, 6.45) is 4.84. The molecule has 0 fully saturated rings. The normalized spacial score (nSPS) is 12.0. The molecule has 0 unspecified atom stereocenters. The quantitative estimate of drug-likeness (QED) is 0.672. The number of anilines is 1. The minimum atomic E-state index is -3.69. The van der Waals surface area contributed by atoms with Gasteiger partial charge in [0.2, 0.25) is 0 Å². The van der Waals surface area contributed by atoms with Gasteiger partial charge in [0.25, 0.3) is 10.0 Å². The monoisotopic (exact) mass is 399 g/mol. The van der Waals surface area contributed by atoms with Crippen LogP contribution in [0, 0.1) is 0 Å². The van der Waals surface area contributed by atoms with E-state index in [4.69, 9.17) is 0 Å². The first-order chi connectivity index (χ1) is 12.8. The van der Waals surface area contributed by atoms with Gasteiger partial charge < -0.3 is 0 Å². The average molecular weight is 400 g/mol. The third kappa shape index (κ3) is 4.87. The molecule has 3 rings (SSSR count). The Morgan fingerprint density at radius 2 is 1.67 bits per heavy atom. The highest BCUT2D eigenvalue weighted by Gasteiger charge is 2.19. The summed E-state index contributed by atoms with van der Waals surface area (Å²) in [5.74, 6) is 0. The number of benzene rings is 2. The third-order valence-corrected chi connectivity index (χ3v) is 6.29. The van der Waals surface area contributed by atoms with Gasteiger partial charge in [0.1, 0.15) is 5.03 Å². The van der Waals surface area contributed by atoms with E-state index in [1.165, 1.54) is 11.8 Å². The number of rotatable bonds is 5. The molecule has 1 aromatic heterocycles. The highest BCUT2D eigenvalue weighted by molar-refractivity contribution is 7.99. The molecule has 0 radical (unpaired) electrons. The van der Waals surface area contributed by atoms with Crippen LogP contribution in [-0.2, 0) is 15.4 Å². The van der Waals surface area contributed by atoms with E-state index in [9.17, 15) is 8.42 Å². The maximum absolute atomic E-state index is 12.8. The number of hydrogen-bond acceptors (Lipinski definition) is 5. The van der Waals surface area contributed by atoms with Crippen LogP contribution in [0.2, 0.25) is 0 Å². The lowest BCUT2D eigenvalue weighted by Crippen LogP contribution is -2.15. The van der Waals surface area contributed by atoms with Gasteiger partial charge in [-0.15, -0.1) is 0 Å². The van der Waals surface area contributed by atoms with Crippen molar-refractivity contribution in [3.05, 3.63) is 72.7 Å². The summed E-state index contributed by atoms with van der Waals surface area (Å²) >= 11 is 1.36. The van der Waals surface area contributed by atoms with Gasteiger partial charge in [-0.3, -0.25) is 9.71 Å². The predicted molar refractivity (Wildman–Crippen MR) is 109 cm³/mol. The molecule has 0 atom stereocenters. The fourth-order valence-electron chi connectivity index (χ4n) is 2.43. The van der Waals surface area contributed by atoms with Gasteiger partial charge in [-0.25, -0.2) is 13.4 Å². The van der Waals surface area contributed by atoms with Crippen LogP contribution in [0.5, 0.6) is 0 Å². The van der Waals surface area contributed by atoms with E-state index in [0.29, 0.717) is 10.7 Å². The Bertz CT molecular complexity index is 1010. The maximum Gasteiger partial charge on any atom is 0.261 e. The fraction of sp³-hybridized carbons (Fsp3) is 0.200. The summed E-state index contributed by atoms with van der Waals surface area (Å²) < 4.78 is 28.3. The van der Waals surface area contributed by atoms with E-state index >= 15 is 0 Å². The first-order valence-corrected chi connectivity index (χ1v) is 10.7. The zero-order chi connectivity index (χ0) is 19.5. The lowest BCUT2D eigenvalue weighted by Gasteiger charge is -2.19. The molecule has 0 amide bonds. The molecule has 27 heavy (non-hydrogen) atoms. The second-order valence-electron chi connectivity index (χ2n) is 7.02. The number of nitrogens with one attached hydrogen (secondary N) is 1. The van der Waals surface area contributed by atoms with Crippen LogP contribution < -0.4 is 4.72 Å². The van der Waals surface area contributed by atoms with E-state index in [2.05, 4.69) is 35.5 Å². The largest absolute Gasteiger partial charge is 0.278 e. The van der Waals surface area contributed by atoms with Crippen molar-refractivity contribution in [3.63, 3.8) is 0 Å². The molecular weight excluding hydrogens is 378 g/mol. The number of nitrogens with zero attached hydrogens (tertiary/aromatic N) is 2. The van der Waals surface area contributed by atoms with Crippen LogP contribution in [0.4, 0.5) is 5.69 Å². The van der Waals surface area contributed by atoms with Crippen molar-refractivity contribution in [2.75, 3.05) is 4.72 Å². The number of sulfonamides is 1. The van der Waals surface area contributed by atoms with Gasteiger partial charge in [-0.05, 0) is 35.2 Å². The Labute approximate surface area is 164 Å². The molecule has 0 bridgehead atoms. The van der Waals surface area contributed by atoms with Crippen molar-refractivity contribution in [2.45, 2.75) is 41.0 Å². The smallest absolute Gasteiger partial charge is 0.261 e. The van der Waals surface area contributed by atoms with Gasteiger partial charge in [-0.1, -0.05) is 56.8 Å². The van der Waals surface area contributed by atoms with Gasteiger partial charge in [0, 0.05) is 17.3 Å². The van der Waals surface area contributed by atoms with Crippen molar-refractivity contribution in [2.24, 2.45) is 0 Å². The number of para-hydroxylation sites is 1. The Morgan fingerprint density at radius 1 is 0.963 bits per heavy atom. The van der Waals surface area contributed by atoms with Crippen LogP contribution in [-0.4, -0.2) is 18.4 Å². The van der Waals surface area contributed by atoms with E-state index in [-0.39, 0.29) is 10.3 Å². The molecule has 7 heteroatoms. The second-order valence-corrected chi connectivity index (χ2v) is 9.77. The summed E-state index contributed by atoms with van der Waals surface area (Å²) in [5.41, 5.74) is 1.56. The fourth-order valence-corrected chi connectivity index (χ4v) is 4.40. The lowest BCUT2D eigenvalue weighted by molar-refractivity contribution is 0.587. The van der Waals surface area contributed by atoms with E-state index < -0.39 is 10.0 Å². The maximum atomic E-state index is 12.8. The summed E-state index contributed by atoms with van der Waals surface area (Å²) in [5, 5.41) is 0.693. The van der Waals surface area contributed by atoms with Crippen molar-refractivity contribution in [1.82, 2.24) is 9.97 Å². The molecule has 5 nitrogen and oxygen atoms in total. The average Bonchev–Trinajstić information content (AvgIpc) is 2.63. The van der Waals surface area contributed by atoms with Crippen molar-refractivity contribution in [1.29, 1.82) is 0 Å². The lowest BCUT2D eigenvalue weighted by atomic mass is 9.87. The highest BCUT2D eigenvalue weighted by atomic mass is 32.2. The van der Waals surface area contributed by atoms with Crippen LogP contribution in [0.15, 0.2) is 81.9 Å². The molecule has 0 aliphatic heterocycles. The Hall–Kier alpha value is -2.38. The molecule has 3 aromatic rings. The SMILES string of the molecule is CC(C)(C)c1ccc(S(=O)(=O)Nc2ccccc2Sc2cnccn2)cc1. The third-order valence-electron chi connectivity index (χ3n) is 3.92. The Balaban J connectivity index is 1.86. The molecule has 1 heterocycles. The summed E-state index contributed by atoms with van der Waals surface area (Å²) in [6.45, 7) is 6.28. The second kappa shape index (κ2) is 7.70. The first kappa shape index (κ1) is 19.4. The minimum absolute atomic E-state index is 0.0321. The molecule has 1 N–H and O–H groups in total. The minimum Gasteiger partial charge on any atom is -0.278 e. The van der Waals surface area contributed by atoms with Crippen molar-refractivity contribution >= 4 is 27.5 Å². The summed E-state index contributed by atoms with van der Waals surface area (Å²) in [7, 11) is -3.69. The van der Waals surface area contributed by atoms with Gasteiger partial charge in [-0.2, -0.15) is 0 Å². The molecule has 0 aliphatic carbocycles. The molecule has 0 saturated carbocycles. The molecule has 2 aromatic carbocycles. The van der Waals surface area contributed by atoms with E-state index in [1.54, 1.807) is 42.9 Å². The van der Waals surface area contributed by atoms with Crippen LogP contribution in [0.3, 0.4) is 0 Å². The van der Waals surface area contributed by atoms with Gasteiger partial charge in [0.15, 0.2) is 0 Å². The van der Waals surface area contributed by atoms with Crippen molar-refractivity contribution < 1.29 is 8.42 Å². The molecule has 0 saturated heterocycles. The topological polar surface area (TPSA) is 72.0 Å². The number of aromatic nitrogens is 2. The summed E-state index contributed by atoms with van der Waals surface area (Å²) in [4.78, 5) is 9.25. The van der Waals surface area contributed by atoms with Crippen LogP contribution in [0.25, 0.3) is 0 Å².